The molecule has 0 spiro atoms. The lowest BCUT2D eigenvalue weighted by molar-refractivity contribution is 0.190. The summed E-state index contributed by atoms with van der Waals surface area (Å²) in [5.74, 6) is 0.295. The van der Waals surface area contributed by atoms with Gasteiger partial charge in [-0.25, -0.2) is 4.39 Å². The maximum Gasteiger partial charge on any atom is 0.125 e. The minimum atomic E-state index is -0.665. The van der Waals surface area contributed by atoms with Crippen LogP contribution >= 0.6 is 11.6 Å². The summed E-state index contributed by atoms with van der Waals surface area (Å²) in [4.78, 5) is 0. The quantitative estimate of drug-likeness (QED) is 0.913. The molecular formula is C15H14ClFO2. The van der Waals surface area contributed by atoms with Gasteiger partial charge in [-0.2, -0.15) is 0 Å². The second-order valence-electron chi connectivity index (χ2n) is 4.27. The van der Waals surface area contributed by atoms with Crippen molar-refractivity contribution in [3.05, 3.63) is 64.4 Å². The van der Waals surface area contributed by atoms with E-state index in [0.717, 1.165) is 5.56 Å². The lowest BCUT2D eigenvalue weighted by Crippen LogP contribution is -2.01. The lowest BCUT2D eigenvalue weighted by Gasteiger charge is -2.14. The average molecular weight is 281 g/mol. The number of hydrogen-bond donors (Lipinski definition) is 1. The molecule has 0 aliphatic heterocycles. The van der Waals surface area contributed by atoms with E-state index in [1.54, 1.807) is 37.3 Å². The molecule has 1 atom stereocenters. The average Bonchev–Trinajstić information content (AvgIpc) is 2.39. The Morgan fingerprint density at radius 2 is 1.89 bits per heavy atom. The fourth-order valence-electron chi connectivity index (χ4n) is 1.72. The van der Waals surface area contributed by atoms with Crippen molar-refractivity contribution in [2.24, 2.45) is 0 Å². The molecule has 2 aromatic carbocycles. The highest BCUT2D eigenvalue weighted by Crippen LogP contribution is 2.28. The zero-order valence-electron chi connectivity index (χ0n) is 10.4. The maximum absolute atomic E-state index is 12.8. The van der Waals surface area contributed by atoms with E-state index in [-0.39, 0.29) is 5.82 Å². The van der Waals surface area contributed by atoms with Crippen molar-refractivity contribution < 1.29 is 14.2 Å². The van der Waals surface area contributed by atoms with Gasteiger partial charge in [-0.15, -0.1) is 0 Å². The van der Waals surface area contributed by atoms with Gasteiger partial charge >= 0.3 is 0 Å². The zero-order valence-corrected chi connectivity index (χ0v) is 11.2. The van der Waals surface area contributed by atoms with Gasteiger partial charge in [0, 0.05) is 10.6 Å². The van der Waals surface area contributed by atoms with Crippen molar-refractivity contribution in [1.82, 2.24) is 0 Å². The summed E-state index contributed by atoms with van der Waals surface area (Å²) >= 11 is 5.89. The van der Waals surface area contributed by atoms with Crippen molar-refractivity contribution in [3.63, 3.8) is 0 Å². The standard InChI is InChI=1S/C15H14ClFO2/c1-10(18)14-8-12(16)4-7-15(14)19-9-11-2-5-13(17)6-3-11/h2-8,10,18H,9H2,1H3/t10-/m0/s1. The highest BCUT2D eigenvalue weighted by atomic mass is 35.5. The molecule has 0 saturated heterocycles. The number of halogens is 2. The molecule has 0 amide bonds. The molecule has 0 heterocycles. The first kappa shape index (κ1) is 13.8. The van der Waals surface area contributed by atoms with Crippen LogP contribution in [0.25, 0.3) is 0 Å². The summed E-state index contributed by atoms with van der Waals surface area (Å²) in [6.07, 6.45) is -0.665. The van der Waals surface area contributed by atoms with Gasteiger partial charge in [0.05, 0.1) is 6.10 Å². The van der Waals surface area contributed by atoms with Gasteiger partial charge in [0.1, 0.15) is 18.2 Å². The third-order valence-electron chi connectivity index (χ3n) is 2.73. The Labute approximate surface area is 116 Å². The topological polar surface area (TPSA) is 29.5 Å². The summed E-state index contributed by atoms with van der Waals surface area (Å²) in [5.41, 5.74) is 1.49. The Hall–Kier alpha value is -1.58. The highest BCUT2D eigenvalue weighted by molar-refractivity contribution is 6.30. The van der Waals surface area contributed by atoms with Gasteiger partial charge in [0.2, 0.25) is 0 Å². The van der Waals surface area contributed by atoms with Crippen LogP contribution in [0.2, 0.25) is 5.02 Å². The Morgan fingerprint density at radius 1 is 1.21 bits per heavy atom. The normalized spacial score (nSPS) is 12.2. The third kappa shape index (κ3) is 3.69. The van der Waals surface area contributed by atoms with E-state index in [2.05, 4.69) is 0 Å². The molecule has 0 fully saturated rings. The molecule has 2 rings (SSSR count). The minimum absolute atomic E-state index is 0.278. The van der Waals surface area contributed by atoms with E-state index in [4.69, 9.17) is 16.3 Å². The lowest BCUT2D eigenvalue weighted by atomic mass is 10.1. The van der Waals surface area contributed by atoms with Crippen LogP contribution in [0.5, 0.6) is 5.75 Å². The van der Waals surface area contributed by atoms with Crippen LogP contribution in [-0.2, 0) is 6.61 Å². The van der Waals surface area contributed by atoms with Crippen LogP contribution < -0.4 is 4.74 Å². The van der Waals surface area contributed by atoms with Gasteiger partial charge in [0.25, 0.3) is 0 Å². The van der Waals surface area contributed by atoms with Gasteiger partial charge in [-0.1, -0.05) is 23.7 Å². The third-order valence-corrected chi connectivity index (χ3v) is 2.96. The largest absolute Gasteiger partial charge is 0.489 e. The number of hydrogen-bond acceptors (Lipinski definition) is 2. The Balaban J connectivity index is 2.13. The first-order valence-corrected chi connectivity index (χ1v) is 6.29. The first-order chi connectivity index (χ1) is 9.06. The van der Waals surface area contributed by atoms with E-state index >= 15 is 0 Å². The van der Waals surface area contributed by atoms with Gasteiger partial charge in [0.15, 0.2) is 0 Å². The van der Waals surface area contributed by atoms with Crippen LogP contribution in [0.4, 0.5) is 4.39 Å². The van der Waals surface area contributed by atoms with Gasteiger partial charge in [-0.3, -0.25) is 0 Å². The molecule has 0 aliphatic carbocycles. The molecule has 2 aromatic rings. The molecule has 0 bridgehead atoms. The van der Waals surface area contributed by atoms with E-state index < -0.39 is 6.10 Å². The summed E-state index contributed by atoms with van der Waals surface area (Å²) in [7, 11) is 0. The van der Waals surface area contributed by atoms with Gasteiger partial charge in [-0.05, 0) is 42.8 Å². The Morgan fingerprint density at radius 3 is 2.53 bits per heavy atom. The van der Waals surface area contributed by atoms with Crippen molar-refractivity contribution in [2.75, 3.05) is 0 Å². The van der Waals surface area contributed by atoms with E-state index in [1.165, 1.54) is 12.1 Å². The molecule has 2 nitrogen and oxygen atoms in total. The molecule has 0 aliphatic rings. The van der Waals surface area contributed by atoms with Crippen LogP contribution in [0.15, 0.2) is 42.5 Å². The maximum atomic E-state index is 12.8. The predicted octanol–water partition coefficient (Wildman–Crippen LogP) is 4.11. The van der Waals surface area contributed by atoms with Crippen LogP contribution in [0.1, 0.15) is 24.2 Å². The molecule has 19 heavy (non-hydrogen) atoms. The summed E-state index contributed by atoms with van der Waals surface area (Å²) in [6.45, 7) is 1.96. The number of aliphatic hydroxyl groups excluding tert-OH is 1. The minimum Gasteiger partial charge on any atom is -0.489 e. The summed E-state index contributed by atoms with van der Waals surface area (Å²) in [5, 5.41) is 10.2. The monoisotopic (exact) mass is 280 g/mol. The Bertz CT molecular complexity index is 553. The van der Waals surface area contributed by atoms with Crippen molar-refractivity contribution in [2.45, 2.75) is 19.6 Å². The van der Waals surface area contributed by atoms with E-state index in [9.17, 15) is 9.50 Å². The van der Waals surface area contributed by atoms with E-state index in [0.29, 0.717) is 22.9 Å². The van der Waals surface area contributed by atoms with Crippen molar-refractivity contribution in [3.8, 4) is 5.75 Å². The number of aliphatic hydroxyl groups is 1. The fraction of sp³-hybridized carbons (Fsp3) is 0.200. The molecule has 0 unspecified atom stereocenters. The number of rotatable bonds is 4. The molecule has 0 saturated carbocycles. The molecule has 0 aromatic heterocycles. The van der Waals surface area contributed by atoms with Crippen molar-refractivity contribution in [1.29, 1.82) is 0 Å². The van der Waals surface area contributed by atoms with Crippen LogP contribution in [0.3, 0.4) is 0 Å². The SMILES string of the molecule is C[C@H](O)c1cc(Cl)ccc1OCc1ccc(F)cc1. The number of ether oxygens (including phenoxy) is 1. The first-order valence-electron chi connectivity index (χ1n) is 5.91. The molecule has 100 valence electrons. The van der Waals surface area contributed by atoms with Gasteiger partial charge < -0.3 is 9.84 Å². The Kier molecular flexibility index (Phi) is 4.40. The second-order valence-corrected chi connectivity index (χ2v) is 4.71. The van der Waals surface area contributed by atoms with Crippen molar-refractivity contribution >= 4 is 11.6 Å². The fourth-order valence-corrected chi connectivity index (χ4v) is 1.90. The zero-order chi connectivity index (χ0) is 13.8. The molecular weight excluding hydrogens is 267 g/mol. The molecule has 4 heteroatoms. The molecule has 1 N–H and O–H groups in total. The smallest absolute Gasteiger partial charge is 0.125 e. The summed E-state index contributed by atoms with van der Waals surface area (Å²) < 4.78 is 18.4. The second kappa shape index (κ2) is 6.04. The molecule has 0 radical (unpaired) electrons. The number of benzene rings is 2. The van der Waals surface area contributed by atoms with Crippen LogP contribution in [-0.4, -0.2) is 5.11 Å². The van der Waals surface area contributed by atoms with E-state index in [1.807, 2.05) is 0 Å². The highest BCUT2D eigenvalue weighted by Gasteiger charge is 2.10. The summed E-state index contributed by atoms with van der Waals surface area (Å²) in [6, 6.07) is 11.2. The predicted molar refractivity (Wildman–Crippen MR) is 72.8 cm³/mol. The van der Waals surface area contributed by atoms with Crippen LogP contribution in [0, 0.1) is 5.82 Å².